The molecule has 0 amide bonds. The predicted octanol–water partition coefficient (Wildman–Crippen LogP) is 32.3. The monoisotopic (exact) mass is 1420 g/mol. The van der Waals surface area contributed by atoms with Crippen molar-refractivity contribution >= 4 is 55.7 Å². The van der Waals surface area contributed by atoms with Gasteiger partial charge in [-0.05, 0) is 263 Å². The second-order valence-electron chi connectivity index (χ2n) is 38.8. The zero-order chi connectivity index (χ0) is 75.4. The highest BCUT2D eigenvalue weighted by Gasteiger charge is 2.33. The van der Waals surface area contributed by atoms with Crippen LogP contribution in [0.15, 0.2) is 212 Å². The lowest BCUT2D eigenvalue weighted by atomic mass is 9.80. The molecule has 0 aliphatic heterocycles. The van der Waals surface area contributed by atoms with E-state index in [9.17, 15) is 0 Å². The molecule has 0 heterocycles. The molecule has 0 spiro atoms. The van der Waals surface area contributed by atoms with Crippen molar-refractivity contribution in [2.24, 2.45) is 0 Å². The summed E-state index contributed by atoms with van der Waals surface area (Å²) in [6.07, 6.45) is 26.2. The van der Waals surface area contributed by atoms with Gasteiger partial charge < -0.3 is 9.80 Å². The summed E-state index contributed by atoms with van der Waals surface area (Å²) in [4.78, 5) is 5.46. The largest absolute Gasteiger partial charge is 0.309 e. The molecule has 11 aromatic rings. The first-order valence-corrected chi connectivity index (χ1v) is 42.3. The van der Waals surface area contributed by atoms with Crippen molar-refractivity contribution in [3.8, 4) is 44.5 Å². The van der Waals surface area contributed by atoms with Crippen molar-refractivity contribution in [3.05, 3.63) is 262 Å². The number of anilines is 6. The minimum atomic E-state index is -0.182. The Morgan fingerprint density at radius 1 is 0.204 bits per heavy atom. The first kappa shape index (κ1) is 75.0. The number of nitrogens with zero attached hydrogens (tertiary/aromatic N) is 2. The van der Waals surface area contributed by atoms with Gasteiger partial charge in [-0.25, -0.2) is 0 Å². The van der Waals surface area contributed by atoms with Gasteiger partial charge in [0.15, 0.2) is 0 Å². The summed E-state index contributed by atoms with van der Waals surface area (Å²) in [5.74, 6) is 2.50. The molecule has 0 atom stereocenters. The van der Waals surface area contributed by atoms with Crippen LogP contribution >= 0.6 is 0 Å². The van der Waals surface area contributed by atoms with Crippen LogP contribution in [0.1, 0.15) is 306 Å². The van der Waals surface area contributed by atoms with Crippen LogP contribution in [0, 0.1) is 0 Å². The van der Waals surface area contributed by atoms with Gasteiger partial charge in [0.05, 0.1) is 11.4 Å². The van der Waals surface area contributed by atoms with Crippen LogP contribution < -0.4 is 9.80 Å². The second kappa shape index (κ2) is 30.4. The normalized spacial score (nSPS) is 16.5. The van der Waals surface area contributed by atoms with Gasteiger partial charge in [0.2, 0.25) is 0 Å². The lowest BCUT2D eigenvalue weighted by molar-refractivity contribution is 0.443. The Hall–Kier alpha value is -8.46. The average molecular weight is 1430 g/mol. The van der Waals surface area contributed by atoms with Gasteiger partial charge in [-0.3, -0.25) is 0 Å². The van der Waals surface area contributed by atoms with Crippen LogP contribution in [-0.4, -0.2) is 0 Å². The molecular formula is C106H124N2. The first-order valence-electron chi connectivity index (χ1n) is 42.3. The number of rotatable bonds is 14. The van der Waals surface area contributed by atoms with E-state index in [1.165, 1.54) is 267 Å². The van der Waals surface area contributed by atoms with Crippen molar-refractivity contribution in [1.29, 1.82) is 0 Å². The summed E-state index contributed by atoms with van der Waals surface area (Å²) in [6, 6.07) is 86.9. The molecule has 11 aromatic carbocycles. The highest BCUT2D eigenvalue weighted by molar-refractivity contribution is 6.24. The molecule has 4 aliphatic carbocycles. The van der Waals surface area contributed by atoms with Crippen LogP contribution in [0.5, 0.6) is 0 Å². The lowest BCUT2D eigenvalue weighted by Crippen LogP contribution is -2.21. The van der Waals surface area contributed by atoms with E-state index < -0.39 is 0 Å². The van der Waals surface area contributed by atoms with E-state index >= 15 is 0 Å². The molecule has 0 saturated heterocycles. The van der Waals surface area contributed by atoms with Crippen LogP contribution in [0.3, 0.4) is 0 Å². The van der Waals surface area contributed by atoms with E-state index in [1.54, 1.807) is 0 Å². The van der Waals surface area contributed by atoms with Crippen LogP contribution in [0.25, 0.3) is 66.1 Å². The average Bonchev–Trinajstić information content (AvgIpc) is 0.713. The molecule has 0 N–H and O–H groups in total. The maximum Gasteiger partial charge on any atom is 0.0620 e. The van der Waals surface area contributed by atoms with E-state index in [1.807, 2.05) is 0 Å². The summed E-state index contributed by atoms with van der Waals surface area (Å²) in [7, 11) is 0. The zero-order valence-electron chi connectivity index (χ0n) is 68.6. The van der Waals surface area contributed by atoms with Crippen LogP contribution in [0.2, 0.25) is 0 Å². The highest BCUT2D eigenvalue weighted by Crippen LogP contribution is 2.55. The molecule has 0 bridgehead atoms. The van der Waals surface area contributed by atoms with Gasteiger partial charge in [0.1, 0.15) is 0 Å². The fourth-order valence-electron chi connectivity index (χ4n) is 18.8. The van der Waals surface area contributed by atoms with Gasteiger partial charge in [-0.1, -0.05) is 326 Å². The standard InChI is InChI=1S/C106H124N2/c1-102(2,3)87-56-57-98-99(70-87)101(108(95-68-90(105(10,11)12)65-91(69-95)106(13,14)15)93-62-85(81-52-44-77(45-53-81)73-34-24-18-25-35-73)59-86(63-93)82-54-46-78(47-55-82)74-36-26-19-27-37-74)97-39-29-28-38-96(97)100(98)107(94-66-88(103(4,5)6)64-89(67-94)104(7,8)9)92-60-83(79-48-40-75(41-49-79)71-30-20-16-21-31-71)58-84(61-92)80-50-42-76(43-51-80)72-32-22-17-23-33-72/h28-29,38-74H,16-27,30-37H2,1-15H3. The molecule has 0 aromatic heterocycles. The third-order valence-electron chi connectivity index (χ3n) is 25.7. The molecule has 0 unspecified atom stereocenters. The lowest BCUT2D eigenvalue weighted by Gasteiger charge is -2.36. The molecule has 4 aliphatic rings. The molecule has 4 saturated carbocycles. The van der Waals surface area contributed by atoms with Crippen molar-refractivity contribution in [2.75, 3.05) is 9.80 Å². The summed E-state index contributed by atoms with van der Waals surface area (Å²) >= 11 is 0. The van der Waals surface area contributed by atoms with E-state index in [0.29, 0.717) is 23.7 Å². The number of benzene rings is 11. The zero-order valence-corrected chi connectivity index (χ0v) is 68.6. The van der Waals surface area contributed by atoms with Gasteiger partial charge in [0.25, 0.3) is 0 Å². The summed E-state index contributed by atoms with van der Waals surface area (Å²) in [6.45, 7) is 36.0. The molecule has 0 radical (unpaired) electrons. The smallest absolute Gasteiger partial charge is 0.0620 e. The fourth-order valence-corrected chi connectivity index (χ4v) is 18.8. The summed E-state index contributed by atoms with van der Waals surface area (Å²) in [5, 5.41) is 4.82. The Morgan fingerprint density at radius 2 is 0.444 bits per heavy atom. The third kappa shape index (κ3) is 16.1. The third-order valence-corrected chi connectivity index (χ3v) is 25.7. The predicted molar refractivity (Wildman–Crippen MR) is 469 cm³/mol. The van der Waals surface area contributed by atoms with Crippen molar-refractivity contribution < 1.29 is 0 Å². The Balaban J connectivity index is 1.05. The van der Waals surface area contributed by atoms with E-state index in [2.05, 4.69) is 326 Å². The van der Waals surface area contributed by atoms with Crippen molar-refractivity contribution in [2.45, 2.75) is 283 Å². The second-order valence-corrected chi connectivity index (χ2v) is 38.8. The molecule has 4 fully saturated rings. The quantitative estimate of drug-likeness (QED) is 0.0791. The van der Waals surface area contributed by atoms with Gasteiger partial charge in [-0.2, -0.15) is 0 Å². The van der Waals surface area contributed by atoms with Crippen LogP contribution in [-0.2, 0) is 27.1 Å². The maximum atomic E-state index is 2.74. The maximum absolute atomic E-state index is 2.74. The molecular weight excluding hydrogens is 1300 g/mol. The summed E-state index contributed by atoms with van der Waals surface area (Å²) in [5.41, 5.74) is 28.7. The minimum absolute atomic E-state index is 0.152. The molecule has 15 rings (SSSR count). The molecule has 2 nitrogen and oxygen atoms in total. The van der Waals surface area contributed by atoms with Crippen molar-refractivity contribution in [1.82, 2.24) is 0 Å². The van der Waals surface area contributed by atoms with Crippen LogP contribution in [0.4, 0.5) is 34.1 Å². The molecule has 2 heteroatoms. The van der Waals surface area contributed by atoms with Gasteiger partial charge >= 0.3 is 0 Å². The van der Waals surface area contributed by atoms with E-state index in [0.717, 1.165) is 11.4 Å². The number of fused-ring (bicyclic) bond motifs is 2. The SMILES string of the molecule is CC(C)(C)c1cc(N(c2cc(-c3ccc(C4CCCCC4)cc3)cc(-c3ccc(C4CCCCC4)cc3)c2)c2c3ccccc3c(N(c3cc(-c4ccc(C5CCCCC5)cc4)cc(-c4ccc(C5CCCCC5)cc4)c3)c3cc(C(C)(C)C)cc(C(C)(C)C)c3)c3cc(C(C)(C)C)ccc23)cc(C(C)(C)C)c1. The first-order chi connectivity index (χ1) is 51.7. The topological polar surface area (TPSA) is 6.48 Å². The summed E-state index contributed by atoms with van der Waals surface area (Å²) < 4.78 is 0. The Bertz CT molecular complexity index is 4760. The fraction of sp³-hybridized carbons (Fsp3) is 0.415. The van der Waals surface area contributed by atoms with Crippen molar-refractivity contribution in [3.63, 3.8) is 0 Å². The van der Waals surface area contributed by atoms with E-state index in [-0.39, 0.29) is 27.1 Å². The Kier molecular flexibility index (Phi) is 21.1. The van der Waals surface area contributed by atoms with Gasteiger partial charge in [-0.15, -0.1) is 0 Å². The number of hydrogen-bond donors (Lipinski definition) is 0. The van der Waals surface area contributed by atoms with E-state index in [4.69, 9.17) is 0 Å². The molecule has 108 heavy (non-hydrogen) atoms. The van der Waals surface area contributed by atoms with Gasteiger partial charge in [0, 0.05) is 44.3 Å². The Labute approximate surface area is 651 Å². The minimum Gasteiger partial charge on any atom is -0.309 e. The number of hydrogen-bond acceptors (Lipinski definition) is 2. The molecule has 558 valence electrons. The highest BCUT2D eigenvalue weighted by atomic mass is 15.2. The Morgan fingerprint density at radius 3 is 0.704 bits per heavy atom.